The molecule has 0 saturated heterocycles. The van der Waals surface area contributed by atoms with Gasteiger partial charge in [0.15, 0.2) is 5.17 Å². The highest BCUT2D eigenvalue weighted by Gasteiger charge is 2.33. The van der Waals surface area contributed by atoms with Gasteiger partial charge in [-0.25, -0.2) is 9.38 Å². The van der Waals surface area contributed by atoms with Crippen LogP contribution in [0.25, 0.3) is 6.08 Å². The minimum Gasteiger partial charge on any atom is -0.493 e. The maximum atomic E-state index is 14.5. The fourth-order valence-corrected chi connectivity index (χ4v) is 4.14. The molecular formula is C24H17Cl2FN2O2S. The Kier molecular flexibility index (Phi) is 7.15. The number of benzene rings is 3. The van der Waals surface area contributed by atoms with Gasteiger partial charge < -0.3 is 4.74 Å². The molecule has 4 rings (SSSR count). The molecule has 0 bridgehead atoms. The van der Waals surface area contributed by atoms with Gasteiger partial charge in [0.05, 0.1) is 22.3 Å². The average Bonchev–Trinajstić information content (AvgIpc) is 3.10. The molecule has 0 N–H and O–H groups in total. The molecule has 0 atom stereocenters. The van der Waals surface area contributed by atoms with E-state index in [4.69, 9.17) is 27.9 Å². The Labute approximate surface area is 199 Å². The summed E-state index contributed by atoms with van der Waals surface area (Å²) < 4.78 is 20.2. The predicted molar refractivity (Wildman–Crippen MR) is 130 cm³/mol. The molecule has 1 amide bonds. The first-order valence-corrected chi connectivity index (χ1v) is 11.4. The average molecular weight is 487 g/mol. The quantitative estimate of drug-likeness (QED) is 0.288. The second-order valence-electron chi connectivity index (χ2n) is 6.70. The third kappa shape index (κ3) is 5.15. The summed E-state index contributed by atoms with van der Waals surface area (Å²) in [5.74, 6) is 0.341. The van der Waals surface area contributed by atoms with Gasteiger partial charge in [0.1, 0.15) is 17.3 Å². The summed E-state index contributed by atoms with van der Waals surface area (Å²) in [5.41, 5.74) is 0.988. The summed E-state index contributed by atoms with van der Waals surface area (Å²) in [5, 5.41) is 1.16. The Bertz CT molecular complexity index is 1200. The minimum atomic E-state index is -0.509. The molecule has 3 aromatic rings. The van der Waals surface area contributed by atoms with E-state index in [2.05, 4.69) is 4.99 Å². The van der Waals surface area contributed by atoms with Crippen LogP contribution in [-0.2, 0) is 4.79 Å². The third-order valence-electron chi connectivity index (χ3n) is 4.50. The first kappa shape index (κ1) is 22.4. The van der Waals surface area contributed by atoms with Crippen molar-refractivity contribution in [3.05, 3.63) is 99.9 Å². The summed E-state index contributed by atoms with van der Waals surface area (Å²) in [6.45, 7) is 0.402. The topological polar surface area (TPSA) is 41.9 Å². The fourth-order valence-electron chi connectivity index (χ4n) is 3.01. The molecule has 4 nitrogen and oxygen atoms in total. The maximum absolute atomic E-state index is 14.5. The monoisotopic (exact) mass is 486 g/mol. The summed E-state index contributed by atoms with van der Waals surface area (Å²) in [4.78, 5) is 18.9. The zero-order chi connectivity index (χ0) is 22.5. The molecule has 0 saturated carbocycles. The zero-order valence-corrected chi connectivity index (χ0v) is 19.0. The standard InChI is InChI=1S/C24H17Cl2FN2O2S/c25-18-11-10-16(14-19(18)26)15-21-23(30)29(22-9-5-4-8-20(22)27)24(28-21)32-13-12-31-17-6-2-1-3-7-17/h1-11,14-15H,12-13H2. The van der Waals surface area contributed by atoms with Gasteiger partial charge in [-0.1, -0.05) is 71.4 Å². The number of ether oxygens (including phenoxy) is 1. The first-order valence-electron chi connectivity index (χ1n) is 9.68. The van der Waals surface area contributed by atoms with Crippen molar-refractivity contribution in [2.75, 3.05) is 17.3 Å². The van der Waals surface area contributed by atoms with E-state index in [9.17, 15) is 9.18 Å². The van der Waals surface area contributed by atoms with Gasteiger partial charge in [0, 0.05) is 5.75 Å². The molecule has 0 unspecified atom stereocenters. The lowest BCUT2D eigenvalue weighted by Gasteiger charge is -2.18. The molecule has 0 spiro atoms. The van der Waals surface area contributed by atoms with E-state index in [1.54, 1.807) is 42.5 Å². The van der Waals surface area contributed by atoms with Crippen LogP contribution in [0, 0.1) is 5.82 Å². The molecule has 32 heavy (non-hydrogen) atoms. The highest BCUT2D eigenvalue weighted by Crippen LogP contribution is 2.32. The normalized spacial score (nSPS) is 14.7. The molecule has 1 heterocycles. The molecule has 0 aromatic heterocycles. The lowest BCUT2D eigenvalue weighted by Crippen LogP contribution is -2.31. The van der Waals surface area contributed by atoms with Crippen molar-refractivity contribution in [3.63, 3.8) is 0 Å². The molecule has 0 fully saturated rings. The second-order valence-corrected chi connectivity index (χ2v) is 8.58. The minimum absolute atomic E-state index is 0.144. The number of amides is 1. The van der Waals surface area contributed by atoms with Crippen molar-refractivity contribution in [2.24, 2.45) is 4.99 Å². The number of halogens is 3. The number of amidine groups is 1. The number of rotatable bonds is 6. The van der Waals surface area contributed by atoms with Crippen LogP contribution in [0.3, 0.4) is 0 Å². The van der Waals surface area contributed by atoms with Gasteiger partial charge in [0.2, 0.25) is 0 Å². The lowest BCUT2D eigenvalue weighted by atomic mass is 10.2. The Morgan fingerprint density at radius 2 is 1.75 bits per heavy atom. The van der Waals surface area contributed by atoms with Gasteiger partial charge in [-0.15, -0.1) is 0 Å². The first-order chi connectivity index (χ1) is 15.5. The van der Waals surface area contributed by atoms with Crippen LogP contribution in [-0.4, -0.2) is 23.4 Å². The molecule has 8 heteroatoms. The van der Waals surface area contributed by atoms with E-state index in [-0.39, 0.29) is 11.4 Å². The highest BCUT2D eigenvalue weighted by atomic mass is 35.5. The molecule has 162 valence electrons. The van der Waals surface area contributed by atoms with E-state index in [0.717, 1.165) is 5.75 Å². The van der Waals surface area contributed by atoms with Crippen LogP contribution in [0.1, 0.15) is 5.56 Å². The van der Waals surface area contributed by atoms with E-state index in [1.165, 1.54) is 22.7 Å². The summed E-state index contributed by atoms with van der Waals surface area (Å²) in [7, 11) is 0. The fraction of sp³-hybridized carbons (Fsp3) is 0.0833. The highest BCUT2D eigenvalue weighted by molar-refractivity contribution is 8.14. The van der Waals surface area contributed by atoms with Gasteiger partial charge in [-0.05, 0) is 48.0 Å². The number of aliphatic imine (C=N–C) groups is 1. The number of carbonyl (C=O) groups is 1. The molecule has 0 aliphatic carbocycles. The summed E-state index contributed by atoms with van der Waals surface area (Å²) in [6, 6.07) is 20.6. The molecule has 1 aliphatic rings. The molecule has 0 radical (unpaired) electrons. The molecular weight excluding hydrogens is 470 g/mol. The van der Waals surface area contributed by atoms with E-state index in [1.807, 2.05) is 30.3 Å². The number of hydrogen-bond acceptors (Lipinski definition) is 4. The maximum Gasteiger partial charge on any atom is 0.283 e. The predicted octanol–water partition coefficient (Wildman–Crippen LogP) is 6.69. The van der Waals surface area contributed by atoms with Crippen LogP contribution in [0.15, 0.2) is 83.5 Å². The SMILES string of the molecule is O=C1C(=Cc2ccc(Cl)c(Cl)c2)N=C(SCCOc2ccccc2)N1c1ccccc1F. The summed E-state index contributed by atoms with van der Waals surface area (Å²) >= 11 is 13.4. The Balaban J connectivity index is 1.57. The van der Waals surface area contributed by atoms with Gasteiger partial charge in [0.25, 0.3) is 5.91 Å². The Morgan fingerprint density at radius 3 is 2.50 bits per heavy atom. The van der Waals surface area contributed by atoms with E-state index in [0.29, 0.717) is 33.1 Å². The Morgan fingerprint density at radius 1 is 1.00 bits per heavy atom. The van der Waals surface area contributed by atoms with Crippen LogP contribution in [0.5, 0.6) is 5.75 Å². The number of anilines is 1. The molecule has 1 aliphatic heterocycles. The Hall–Kier alpha value is -2.80. The van der Waals surface area contributed by atoms with Crippen molar-refractivity contribution in [1.82, 2.24) is 0 Å². The van der Waals surface area contributed by atoms with Crippen LogP contribution in [0.2, 0.25) is 10.0 Å². The molecule has 3 aromatic carbocycles. The van der Waals surface area contributed by atoms with Crippen molar-refractivity contribution in [2.45, 2.75) is 0 Å². The van der Waals surface area contributed by atoms with E-state index >= 15 is 0 Å². The van der Waals surface area contributed by atoms with Crippen molar-refractivity contribution in [3.8, 4) is 5.75 Å². The van der Waals surface area contributed by atoms with Crippen LogP contribution < -0.4 is 9.64 Å². The number of hydrogen-bond donors (Lipinski definition) is 0. The number of carbonyl (C=O) groups excluding carboxylic acids is 1. The lowest BCUT2D eigenvalue weighted by molar-refractivity contribution is -0.113. The van der Waals surface area contributed by atoms with Crippen molar-refractivity contribution < 1.29 is 13.9 Å². The second kappa shape index (κ2) is 10.2. The third-order valence-corrected chi connectivity index (χ3v) is 6.14. The van der Waals surface area contributed by atoms with Crippen molar-refractivity contribution in [1.29, 1.82) is 0 Å². The zero-order valence-electron chi connectivity index (χ0n) is 16.7. The van der Waals surface area contributed by atoms with Crippen LogP contribution >= 0.6 is 35.0 Å². The van der Waals surface area contributed by atoms with Crippen molar-refractivity contribution >= 4 is 57.8 Å². The smallest absolute Gasteiger partial charge is 0.283 e. The van der Waals surface area contributed by atoms with Gasteiger partial charge in [-0.3, -0.25) is 9.69 Å². The van der Waals surface area contributed by atoms with Crippen LogP contribution in [0.4, 0.5) is 10.1 Å². The van der Waals surface area contributed by atoms with Gasteiger partial charge in [-0.2, -0.15) is 0 Å². The van der Waals surface area contributed by atoms with Gasteiger partial charge >= 0.3 is 0 Å². The summed E-state index contributed by atoms with van der Waals surface area (Å²) in [6.07, 6.45) is 1.60. The largest absolute Gasteiger partial charge is 0.493 e. The number of nitrogens with zero attached hydrogens (tertiary/aromatic N) is 2. The van der Waals surface area contributed by atoms with E-state index < -0.39 is 11.7 Å². The number of para-hydroxylation sites is 2. The number of thioether (sulfide) groups is 1.